The van der Waals surface area contributed by atoms with Crippen LogP contribution in [0.4, 0.5) is 0 Å². The Kier molecular flexibility index (Phi) is 6.41. The molecule has 1 N–H and O–H groups in total. The highest BCUT2D eigenvalue weighted by atomic mass is 16.5. The molecule has 0 saturated carbocycles. The fourth-order valence-electron chi connectivity index (χ4n) is 1.36. The number of aliphatic hydroxyl groups excluding tert-OH is 1. The van der Waals surface area contributed by atoms with Crippen LogP contribution < -0.4 is 4.74 Å². The Morgan fingerprint density at radius 3 is 2.42 bits per heavy atom. The fraction of sp³-hybridized carbons (Fsp3) is 0.500. The molecule has 0 fully saturated rings. The fourth-order valence-corrected chi connectivity index (χ4v) is 1.36. The molecule has 0 aliphatic heterocycles. The van der Waals surface area contributed by atoms with Crippen LogP contribution >= 0.6 is 0 Å². The molecular formula is C16H22O3. The summed E-state index contributed by atoms with van der Waals surface area (Å²) in [4.78, 5) is 0. The zero-order valence-electron chi connectivity index (χ0n) is 11.9. The molecule has 0 aliphatic rings. The predicted octanol–water partition coefficient (Wildman–Crippen LogP) is 2.61. The Labute approximate surface area is 115 Å². The first-order chi connectivity index (χ1) is 9.07. The molecule has 0 heterocycles. The Bertz CT molecular complexity index is 424. The summed E-state index contributed by atoms with van der Waals surface area (Å²) < 4.78 is 11.3. The zero-order valence-corrected chi connectivity index (χ0v) is 11.9. The number of rotatable bonds is 6. The standard InChI is InChI=1S/C16H22O3/c1-4-16(2,3)19-13-12-18-15-9-7-14(8-10-15)6-5-11-17/h7-10,17H,4,11-13H2,1-3H3. The van der Waals surface area contributed by atoms with Crippen molar-refractivity contribution in [1.29, 1.82) is 0 Å². The van der Waals surface area contributed by atoms with Crippen molar-refractivity contribution in [1.82, 2.24) is 0 Å². The lowest BCUT2D eigenvalue weighted by Gasteiger charge is -2.23. The van der Waals surface area contributed by atoms with Gasteiger partial charge in [0.15, 0.2) is 0 Å². The minimum absolute atomic E-state index is 0.0902. The van der Waals surface area contributed by atoms with Crippen LogP contribution in [0.1, 0.15) is 32.8 Å². The first kappa shape index (κ1) is 15.6. The van der Waals surface area contributed by atoms with Gasteiger partial charge in [-0.05, 0) is 44.5 Å². The molecule has 19 heavy (non-hydrogen) atoms. The van der Waals surface area contributed by atoms with Gasteiger partial charge < -0.3 is 14.6 Å². The van der Waals surface area contributed by atoms with Crippen molar-refractivity contribution in [3.63, 3.8) is 0 Å². The summed E-state index contributed by atoms with van der Waals surface area (Å²) in [6.07, 6.45) is 0.977. The van der Waals surface area contributed by atoms with E-state index in [4.69, 9.17) is 14.6 Å². The largest absolute Gasteiger partial charge is 0.491 e. The van der Waals surface area contributed by atoms with Gasteiger partial charge in [0.1, 0.15) is 19.0 Å². The van der Waals surface area contributed by atoms with E-state index in [-0.39, 0.29) is 12.2 Å². The van der Waals surface area contributed by atoms with E-state index in [1.54, 1.807) is 0 Å². The minimum Gasteiger partial charge on any atom is -0.491 e. The highest BCUT2D eigenvalue weighted by Gasteiger charge is 2.14. The summed E-state index contributed by atoms with van der Waals surface area (Å²) in [6.45, 7) is 7.23. The zero-order chi connectivity index (χ0) is 14.1. The Balaban J connectivity index is 2.34. The van der Waals surface area contributed by atoms with Gasteiger partial charge in [0.05, 0.1) is 12.2 Å². The molecule has 1 rings (SSSR count). The molecule has 0 saturated heterocycles. The van der Waals surface area contributed by atoms with Crippen LogP contribution in [0.2, 0.25) is 0 Å². The van der Waals surface area contributed by atoms with Crippen LogP contribution in [0, 0.1) is 11.8 Å². The van der Waals surface area contributed by atoms with Crippen molar-refractivity contribution in [3.05, 3.63) is 29.8 Å². The van der Waals surface area contributed by atoms with Crippen molar-refractivity contribution in [3.8, 4) is 17.6 Å². The molecule has 0 aromatic heterocycles. The van der Waals surface area contributed by atoms with Crippen LogP contribution in [0.15, 0.2) is 24.3 Å². The lowest BCUT2D eigenvalue weighted by atomic mass is 10.1. The molecule has 0 spiro atoms. The third kappa shape index (κ3) is 6.28. The van der Waals surface area contributed by atoms with Gasteiger partial charge >= 0.3 is 0 Å². The molecule has 0 atom stereocenters. The highest BCUT2D eigenvalue weighted by Crippen LogP contribution is 2.14. The van der Waals surface area contributed by atoms with Gasteiger partial charge in [0.2, 0.25) is 0 Å². The van der Waals surface area contributed by atoms with Crippen molar-refractivity contribution in [2.75, 3.05) is 19.8 Å². The number of benzene rings is 1. The molecule has 1 aromatic rings. The molecule has 0 bridgehead atoms. The molecule has 0 aliphatic carbocycles. The lowest BCUT2D eigenvalue weighted by molar-refractivity contribution is -0.0317. The van der Waals surface area contributed by atoms with Crippen LogP contribution in [-0.2, 0) is 4.74 Å². The Morgan fingerprint density at radius 2 is 1.84 bits per heavy atom. The SMILES string of the molecule is CCC(C)(C)OCCOc1ccc(C#CCO)cc1. The third-order valence-corrected chi connectivity index (χ3v) is 2.86. The summed E-state index contributed by atoms with van der Waals surface area (Å²) in [5.41, 5.74) is 0.775. The van der Waals surface area contributed by atoms with Gasteiger partial charge in [-0.25, -0.2) is 0 Å². The van der Waals surface area contributed by atoms with E-state index in [0.29, 0.717) is 13.2 Å². The number of aliphatic hydroxyl groups is 1. The molecule has 0 amide bonds. The summed E-state index contributed by atoms with van der Waals surface area (Å²) in [5, 5.41) is 8.60. The average molecular weight is 262 g/mol. The number of hydrogen-bond donors (Lipinski definition) is 1. The van der Waals surface area contributed by atoms with E-state index < -0.39 is 0 Å². The molecule has 1 aromatic carbocycles. The normalized spacial score (nSPS) is 10.7. The van der Waals surface area contributed by atoms with Crippen LogP contribution in [0.25, 0.3) is 0 Å². The smallest absolute Gasteiger partial charge is 0.119 e. The van der Waals surface area contributed by atoms with Gasteiger partial charge in [0.25, 0.3) is 0 Å². The second-order valence-electron chi connectivity index (χ2n) is 4.79. The summed E-state index contributed by atoms with van der Waals surface area (Å²) >= 11 is 0. The van der Waals surface area contributed by atoms with Gasteiger partial charge in [0, 0.05) is 5.56 Å². The first-order valence-corrected chi connectivity index (χ1v) is 6.54. The van der Waals surface area contributed by atoms with Gasteiger partial charge in [-0.2, -0.15) is 0 Å². The quantitative estimate of drug-likeness (QED) is 0.632. The van der Waals surface area contributed by atoms with E-state index >= 15 is 0 Å². The van der Waals surface area contributed by atoms with E-state index in [0.717, 1.165) is 17.7 Å². The lowest BCUT2D eigenvalue weighted by Crippen LogP contribution is -2.25. The Morgan fingerprint density at radius 1 is 1.16 bits per heavy atom. The second-order valence-corrected chi connectivity index (χ2v) is 4.79. The van der Waals surface area contributed by atoms with Gasteiger partial charge in [-0.1, -0.05) is 18.8 Å². The minimum atomic E-state index is -0.122. The number of ether oxygens (including phenoxy) is 2. The molecular weight excluding hydrogens is 240 g/mol. The topological polar surface area (TPSA) is 38.7 Å². The maximum Gasteiger partial charge on any atom is 0.119 e. The van der Waals surface area contributed by atoms with E-state index in [1.165, 1.54) is 0 Å². The molecule has 0 unspecified atom stereocenters. The highest BCUT2D eigenvalue weighted by molar-refractivity contribution is 5.38. The monoisotopic (exact) mass is 262 g/mol. The van der Waals surface area contributed by atoms with Crippen molar-refractivity contribution >= 4 is 0 Å². The summed E-state index contributed by atoms with van der Waals surface area (Å²) in [7, 11) is 0. The van der Waals surface area contributed by atoms with Crippen LogP contribution in [-0.4, -0.2) is 30.5 Å². The molecule has 3 heteroatoms. The van der Waals surface area contributed by atoms with Crippen molar-refractivity contribution < 1.29 is 14.6 Å². The Hall–Kier alpha value is -1.50. The maximum absolute atomic E-state index is 8.60. The predicted molar refractivity (Wildman–Crippen MR) is 76.2 cm³/mol. The van der Waals surface area contributed by atoms with Crippen molar-refractivity contribution in [2.45, 2.75) is 32.8 Å². The van der Waals surface area contributed by atoms with Gasteiger partial charge in [-0.3, -0.25) is 0 Å². The van der Waals surface area contributed by atoms with Crippen LogP contribution in [0.5, 0.6) is 5.75 Å². The van der Waals surface area contributed by atoms with Gasteiger partial charge in [-0.15, -0.1) is 0 Å². The average Bonchev–Trinajstić information content (AvgIpc) is 2.42. The summed E-state index contributed by atoms with van der Waals surface area (Å²) in [5.74, 6) is 6.24. The van der Waals surface area contributed by atoms with E-state index in [9.17, 15) is 0 Å². The van der Waals surface area contributed by atoms with E-state index in [1.807, 2.05) is 24.3 Å². The van der Waals surface area contributed by atoms with Crippen LogP contribution in [0.3, 0.4) is 0 Å². The first-order valence-electron chi connectivity index (χ1n) is 6.54. The van der Waals surface area contributed by atoms with Crippen molar-refractivity contribution in [2.24, 2.45) is 0 Å². The molecule has 3 nitrogen and oxygen atoms in total. The molecule has 104 valence electrons. The van der Waals surface area contributed by atoms with E-state index in [2.05, 4.69) is 32.6 Å². The second kappa shape index (κ2) is 7.83. The maximum atomic E-state index is 8.60. The third-order valence-electron chi connectivity index (χ3n) is 2.86. The number of hydrogen-bond acceptors (Lipinski definition) is 3. The molecule has 0 radical (unpaired) electrons. The summed E-state index contributed by atoms with van der Waals surface area (Å²) in [6, 6.07) is 7.47.